The Bertz CT molecular complexity index is 755. The van der Waals surface area contributed by atoms with Crippen molar-refractivity contribution in [2.45, 2.75) is 44.6 Å². The van der Waals surface area contributed by atoms with Gasteiger partial charge >= 0.3 is 0 Å². The molecule has 0 saturated heterocycles. The van der Waals surface area contributed by atoms with Crippen LogP contribution in [0.5, 0.6) is 0 Å². The van der Waals surface area contributed by atoms with Gasteiger partial charge in [-0.15, -0.1) is 0 Å². The number of hydrogen-bond donors (Lipinski definition) is 2. The van der Waals surface area contributed by atoms with Gasteiger partial charge in [0.15, 0.2) is 0 Å². The van der Waals surface area contributed by atoms with E-state index in [0.29, 0.717) is 4.90 Å². The fraction of sp³-hybridized carbons (Fsp3) is 0.474. The smallest absolute Gasteiger partial charge is 0.240 e. The lowest BCUT2D eigenvalue weighted by Crippen LogP contribution is -3.11. The van der Waals surface area contributed by atoms with Crippen molar-refractivity contribution in [2.75, 3.05) is 19.6 Å². The minimum absolute atomic E-state index is 0.0589. The summed E-state index contributed by atoms with van der Waals surface area (Å²) in [5.41, 5.74) is 0. The summed E-state index contributed by atoms with van der Waals surface area (Å²) in [6, 6.07) is 13.0. The average molecular weight is 350 g/mol. The zero-order chi connectivity index (χ0) is 17.6. The highest BCUT2D eigenvalue weighted by Crippen LogP contribution is 2.19. The molecule has 2 N–H and O–H groups in total. The van der Waals surface area contributed by atoms with Crippen molar-refractivity contribution in [3.8, 4) is 0 Å². The summed E-state index contributed by atoms with van der Waals surface area (Å²) in [4.78, 5) is 1.89. The highest BCUT2D eigenvalue weighted by Gasteiger charge is 2.18. The summed E-state index contributed by atoms with van der Waals surface area (Å²) in [6.07, 6.45) is 1.88. The Morgan fingerprint density at radius 2 is 1.71 bits per heavy atom. The summed E-state index contributed by atoms with van der Waals surface area (Å²) >= 11 is 0. The first-order chi connectivity index (χ1) is 11.5. The molecule has 4 nitrogen and oxygen atoms in total. The number of quaternary nitrogens is 1. The molecule has 2 rings (SSSR count). The molecule has 0 fully saturated rings. The summed E-state index contributed by atoms with van der Waals surface area (Å²) in [6.45, 7) is 9.64. The van der Waals surface area contributed by atoms with Crippen molar-refractivity contribution in [3.63, 3.8) is 0 Å². The van der Waals surface area contributed by atoms with E-state index in [2.05, 4.69) is 18.6 Å². The number of sulfonamides is 1. The lowest BCUT2D eigenvalue weighted by molar-refractivity contribution is -0.896. The van der Waals surface area contributed by atoms with Gasteiger partial charge in [-0.3, -0.25) is 0 Å². The van der Waals surface area contributed by atoms with E-state index in [1.54, 1.807) is 17.0 Å². The van der Waals surface area contributed by atoms with E-state index >= 15 is 0 Å². The van der Waals surface area contributed by atoms with Crippen molar-refractivity contribution in [3.05, 3.63) is 42.5 Å². The Labute approximate surface area is 145 Å². The molecule has 132 valence electrons. The summed E-state index contributed by atoms with van der Waals surface area (Å²) < 4.78 is 28.0. The Balaban J connectivity index is 1.98. The maximum atomic E-state index is 12.6. The normalized spacial score (nSPS) is 13.5. The van der Waals surface area contributed by atoms with E-state index in [-0.39, 0.29) is 6.04 Å². The molecule has 0 saturated carbocycles. The first-order valence-electron chi connectivity index (χ1n) is 8.81. The highest BCUT2D eigenvalue weighted by atomic mass is 32.2. The molecule has 0 aliphatic rings. The van der Waals surface area contributed by atoms with Gasteiger partial charge in [-0.25, -0.2) is 13.1 Å². The third-order valence-electron chi connectivity index (χ3n) is 4.56. The van der Waals surface area contributed by atoms with Gasteiger partial charge in [-0.05, 0) is 56.5 Å². The number of rotatable bonds is 9. The largest absolute Gasteiger partial charge is 0.335 e. The fourth-order valence-corrected chi connectivity index (χ4v) is 4.30. The van der Waals surface area contributed by atoms with Gasteiger partial charge in [-0.2, -0.15) is 0 Å². The molecule has 5 heteroatoms. The Morgan fingerprint density at radius 1 is 1.04 bits per heavy atom. The molecule has 24 heavy (non-hydrogen) atoms. The maximum absolute atomic E-state index is 12.6. The molecular formula is C19H29N2O2S+. The molecule has 0 aliphatic heterocycles. The molecule has 0 heterocycles. The molecule has 0 unspecified atom stereocenters. The highest BCUT2D eigenvalue weighted by molar-refractivity contribution is 7.89. The summed E-state index contributed by atoms with van der Waals surface area (Å²) in [5, 5.41) is 1.99. The second kappa shape index (κ2) is 8.60. The molecule has 2 aromatic carbocycles. The molecule has 0 aliphatic carbocycles. The van der Waals surface area contributed by atoms with Crippen molar-refractivity contribution in [2.24, 2.45) is 0 Å². The first-order valence-corrected chi connectivity index (χ1v) is 10.3. The Morgan fingerprint density at radius 3 is 2.38 bits per heavy atom. The monoisotopic (exact) mass is 349 g/mol. The molecule has 2 aromatic rings. The second-order valence-corrected chi connectivity index (χ2v) is 8.09. The number of fused-ring (bicyclic) bond motifs is 1. The van der Waals surface area contributed by atoms with Crippen molar-refractivity contribution in [1.29, 1.82) is 0 Å². The van der Waals surface area contributed by atoms with Gasteiger partial charge in [0.1, 0.15) is 0 Å². The van der Waals surface area contributed by atoms with Crippen LogP contribution in [0.3, 0.4) is 0 Å². The predicted octanol–water partition coefficient (Wildman–Crippen LogP) is 2.21. The zero-order valence-corrected chi connectivity index (χ0v) is 15.7. The third-order valence-corrected chi connectivity index (χ3v) is 6.14. The van der Waals surface area contributed by atoms with E-state index in [9.17, 15) is 8.42 Å². The van der Waals surface area contributed by atoms with E-state index in [1.807, 2.05) is 37.3 Å². The van der Waals surface area contributed by atoms with Crippen molar-refractivity contribution in [1.82, 2.24) is 4.72 Å². The van der Waals surface area contributed by atoms with Crippen LogP contribution in [-0.2, 0) is 10.0 Å². The van der Waals surface area contributed by atoms with Gasteiger partial charge in [-0.1, -0.05) is 30.3 Å². The molecule has 1 atom stereocenters. The second-order valence-electron chi connectivity index (χ2n) is 6.38. The van der Waals surface area contributed by atoms with E-state index in [4.69, 9.17) is 0 Å². The Kier molecular flexibility index (Phi) is 6.78. The zero-order valence-electron chi connectivity index (χ0n) is 14.9. The fourth-order valence-electron chi connectivity index (χ4n) is 2.99. The van der Waals surface area contributed by atoms with E-state index in [1.165, 1.54) is 0 Å². The number of benzene rings is 2. The average Bonchev–Trinajstić information content (AvgIpc) is 2.58. The maximum Gasteiger partial charge on any atom is 0.240 e. The number of hydrogen-bond acceptors (Lipinski definition) is 2. The van der Waals surface area contributed by atoms with Gasteiger partial charge in [0.2, 0.25) is 10.0 Å². The minimum atomic E-state index is -3.47. The lowest BCUT2D eigenvalue weighted by Gasteiger charge is -2.18. The van der Waals surface area contributed by atoms with Crippen LogP contribution in [-0.4, -0.2) is 34.1 Å². The van der Waals surface area contributed by atoms with Gasteiger partial charge < -0.3 is 4.90 Å². The molecule has 0 spiro atoms. The SMILES string of the molecule is CC[NH+](CC)CCC[C@@H](C)NS(=O)(=O)c1ccc2ccccc2c1. The van der Waals surface area contributed by atoms with Crippen molar-refractivity contribution >= 4 is 20.8 Å². The third kappa shape index (κ3) is 5.03. The van der Waals surface area contributed by atoms with Crippen LogP contribution < -0.4 is 9.62 Å². The molecule has 0 amide bonds. The van der Waals surface area contributed by atoms with Gasteiger partial charge in [0, 0.05) is 6.04 Å². The quantitative estimate of drug-likeness (QED) is 0.729. The van der Waals surface area contributed by atoms with Crippen LogP contribution in [0.4, 0.5) is 0 Å². The van der Waals surface area contributed by atoms with Crippen LogP contribution in [0, 0.1) is 0 Å². The molecule has 0 aromatic heterocycles. The predicted molar refractivity (Wildman–Crippen MR) is 99.9 cm³/mol. The lowest BCUT2D eigenvalue weighted by atomic mass is 10.1. The topological polar surface area (TPSA) is 50.6 Å². The van der Waals surface area contributed by atoms with Crippen LogP contribution in [0.25, 0.3) is 10.8 Å². The van der Waals surface area contributed by atoms with Crippen LogP contribution >= 0.6 is 0 Å². The molecule has 0 radical (unpaired) electrons. The van der Waals surface area contributed by atoms with Crippen molar-refractivity contribution < 1.29 is 13.3 Å². The Hall–Kier alpha value is -1.43. The minimum Gasteiger partial charge on any atom is -0.335 e. The van der Waals surface area contributed by atoms with E-state index in [0.717, 1.165) is 43.2 Å². The first kappa shape index (κ1) is 18.9. The number of nitrogens with one attached hydrogen (secondary N) is 2. The standard InChI is InChI=1S/C19H28N2O2S/c1-4-21(5-2)14-8-9-16(3)20-24(22,23)19-13-12-17-10-6-7-11-18(17)15-19/h6-7,10-13,15-16,20H,4-5,8-9,14H2,1-3H3/p+1/t16-/m1/s1. The van der Waals surface area contributed by atoms with E-state index < -0.39 is 10.0 Å². The summed E-state index contributed by atoms with van der Waals surface area (Å²) in [7, 11) is -3.47. The molecular weight excluding hydrogens is 320 g/mol. The van der Waals surface area contributed by atoms with Crippen LogP contribution in [0.15, 0.2) is 47.4 Å². The molecule has 0 bridgehead atoms. The van der Waals surface area contributed by atoms with Crippen LogP contribution in [0.2, 0.25) is 0 Å². The van der Waals surface area contributed by atoms with Crippen LogP contribution in [0.1, 0.15) is 33.6 Å². The van der Waals surface area contributed by atoms with Gasteiger partial charge in [0.05, 0.1) is 24.5 Å². The summed E-state index contributed by atoms with van der Waals surface area (Å²) in [5.74, 6) is 0. The van der Waals surface area contributed by atoms with Gasteiger partial charge in [0.25, 0.3) is 0 Å².